The summed E-state index contributed by atoms with van der Waals surface area (Å²) in [5.41, 5.74) is 4.88. The SMILES string of the molecule is CCCCCCc1nccc(C2CCCC2)c1C1CCCC1. The van der Waals surface area contributed by atoms with E-state index >= 15 is 0 Å². The van der Waals surface area contributed by atoms with Crippen molar-refractivity contribution in [2.75, 3.05) is 0 Å². The van der Waals surface area contributed by atoms with Crippen LogP contribution in [0.2, 0.25) is 0 Å². The zero-order valence-corrected chi connectivity index (χ0v) is 14.4. The van der Waals surface area contributed by atoms with Crippen LogP contribution in [0.25, 0.3) is 0 Å². The first-order chi connectivity index (χ1) is 10.9. The molecule has 0 radical (unpaired) electrons. The zero-order chi connectivity index (χ0) is 15.2. The van der Waals surface area contributed by atoms with Crippen LogP contribution in [0.4, 0.5) is 0 Å². The minimum absolute atomic E-state index is 0.825. The molecule has 0 saturated heterocycles. The lowest BCUT2D eigenvalue weighted by atomic mass is 9.84. The molecule has 2 aliphatic carbocycles. The van der Waals surface area contributed by atoms with Gasteiger partial charge in [0, 0.05) is 11.9 Å². The standard InChI is InChI=1S/C21H33N/c1-2-3-4-5-14-20-21(18-12-8-9-13-18)19(15-16-22-20)17-10-6-7-11-17/h15-18H,2-14H2,1H3. The maximum Gasteiger partial charge on any atom is 0.0441 e. The quantitative estimate of drug-likeness (QED) is 0.522. The van der Waals surface area contributed by atoms with Gasteiger partial charge in [-0.1, -0.05) is 51.9 Å². The molecule has 1 heteroatoms. The van der Waals surface area contributed by atoms with E-state index in [2.05, 4.69) is 19.2 Å². The molecule has 3 rings (SSSR count). The molecule has 22 heavy (non-hydrogen) atoms. The van der Waals surface area contributed by atoms with Gasteiger partial charge < -0.3 is 0 Å². The summed E-state index contributed by atoms with van der Waals surface area (Å²) in [5, 5.41) is 0. The van der Waals surface area contributed by atoms with Crippen molar-refractivity contribution in [1.82, 2.24) is 4.98 Å². The van der Waals surface area contributed by atoms with Crippen LogP contribution in [-0.2, 0) is 6.42 Å². The average Bonchev–Trinajstić information content (AvgIpc) is 3.24. The molecule has 0 spiro atoms. The fourth-order valence-electron chi connectivity index (χ4n) is 4.73. The van der Waals surface area contributed by atoms with E-state index in [-0.39, 0.29) is 0 Å². The first kappa shape index (κ1) is 16.0. The summed E-state index contributed by atoms with van der Waals surface area (Å²) in [4.78, 5) is 4.85. The van der Waals surface area contributed by atoms with Crippen LogP contribution < -0.4 is 0 Å². The molecule has 0 atom stereocenters. The summed E-state index contributed by atoms with van der Waals surface area (Å²) in [6, 6.07) is 2.37. The number of unbranched alkanes of at least 4 members (excludes halogenated alkanes) is 3. The Labute approximate surface area is 136 Å². The van der Waals surface area contributed by atoms with Gasteiger partial charge >= 0.3 is 0 Å². The van der Waals surface area contributed by atoms with E-state index in [1.807, 2.05) is 0 Å². The van der Waals surface area contributed by atoms with Crippen LogP contribution in [0.5, 0.6) is 0 Å². The van der Waals surface area contributed by atoms with E-state index in [0.717, 1.165) is 11.8 Å². The molecule has 2 saturated carbocycles. The average molecular weight is 300 g/mol. The van der Waals surface area contributed by atoms with Crippen molar-refractivity contribution >= 4 is 0 Å². The Hall–Kier alpha value is -0.850. The van der Waals surface area contributed by atoms with Gasteiger partial charge in [-0.15, -0.1) is 0 Å². The highest BCUT2D eigenvalue weighted by Crippen LogP contribution is 2.43. The van der Waals surface area contributed by atoms with Crippen molar-refractivity contribution in [3.8, 4) is 0 Å². The summed E-state index contributed by atoms with van der Waals surface area (Å²) in [5.74, 6) is 1.67. The van der Waals surface area contributed by atoms with E-state index in [4.69, 9.17) is 4.98 Å². The van der Waals surface area contributed by atoms with Gasteiger partial charge in [0.1, 0.15) is 0 Å². The molecule has 2 aliphatic rings. The van der Waals surface area contributed by atoms with Crippen molar-refractivity contribution in [3.63, 3.8) is 0 Å². The Morgan fingerprint density at radius 3 is 2.27 bits per heavy atom. The number of pyridine rings is 1. The second-order valence-electron chi connectivity index (χ2n) is 7.53. The second-order valence-corrected chi connectivity index (χ2v) is 7.53. The Balaban J connectivity index is 1.81. The van der Waals surface area contributed by atoms with E-state index < -0.39 is 0 Å². The lowest BCUT2D eigenvalue weighted by Gasteiger charge is -2.23. The third-order valence-corrected chi connectivity index (χ3v) is 5.93. The van der Waals surface area contributed by atoms with Crippen LogP contribution in [-0.4, -0.2) is 4.98 Å². The Morgan fingerprint density at radius 2 is 1.59 bits per heavy atom. The molecular formula is C21H33N. The number of hydrogen-bond donors (Lipinski definition) is 0. The second kappa shape index (κ2) is 8.13. The number of aryl methyl sites for hydroxylation is 1. The van der Waals surface area contributed by atoms with Crippen molar-refractivity contribution in [1.29, 1.82) is 0 Å². The fraction of sp³-hybridized carbons (Fsp3) is 0.762. The van der Waals surface area contributed by atoms with Crippen LogP contribution in [0, 0.1) is 0 Å². The fourth-order valence-corrected chi connectivity index (χ4v) is 4.73. The third kappa shape index (κ3) is 3.73. The van der Waals surface area contributed by atoms with Gasteiger partial charge in [0.2, 0.25) is 0 Å². The van der Waals surface area contributed by atoms with Crippen LogP contribution in [0.3, 0.4) is 0 Å². The van der Waals surface area contributed by atoms with Crippen LogP contribution in [0.1, 0.15) is 113 Å². The molecule has 1 nitrogen and oxygen atoms in total. The first-order valence-electron chi connectivity index (χ1n) is 9.87. The molecule has 1 aromatic rings. The highest BCUT2D eigenvalue weighted by Gasteiger charge is 2.27. The van der Waals surface area contributed by atoms with Gasteiger partial charge in [0.05, 0.1) is 0 Å². The van der Waals surface area contributed by atoms with Gasteiger partial charge in [-0.2, -0.15) is 0 Å². The smallest absolute Gasteiger partial charge is 0.0441 e. The highest BCUT2D eigenvalue weighted by atomic mass is 14.7. The number of nitrogens with zero attached hydrogens (tertiary/aromatic N) is 1. The van der Waals surface area contributed by atoms with E-state index in [0.29, 0.717) is 0 Å². The van der Waals surface area contributed by atoms with E-state index in [1.165, 1.54) is 89.2 Å². The Morgan fingerprint density at radius 1 is 0.909 bits per heavy atom. The van der Waals surface area contributed by atoms with Crippen molar-refractivity contribution in [3.05, 3.63) is 29.1 Å². The normalized spacial score (nSPS) is 20.0. The molecule has 0 unspecified atom stereocenters. The predicted octanol–water partition coefficient (Wildman–Crippen LogP) is 6.52. The molecule has 0 amide bonds. The van der Waals surface area contributed by atoms with Crippen molar-refractivity contribution < 1.29 is 0 Å². The van der Waals surface area contributed by atoms with Crippen molar-refractivity contribution in [2.45, 2.75) is 102 Å². The lowest BCUT2D eigenvalue weighted by molar-refractivity contribution is 0.625. The highest BCUT2D eigenvalue weighted by molar-refractivity contribution is 5.37. The molecule has 122 valence electrons. The summed E-state index contributed by atoms with van der Waals surface area (Å²) >= 11 is 0. The predicted molar refractivity (Wildman–Crippen MR) is 94.5 cm³/mol. The Bertz CT molecular complexity index is 453. The molecule has 0 aromatic carbocycles. The largest absolute Gasteiger partial charge is 0.261 e. The third-order valence-electron chi connectivity index (χ3n) is 5.93. The zero-order valence-electron chi connectivity index (χ0n) is 14.4. The summed E-state index contributed by atoms with van der Waals surface area (Å²) < 4.78 is 0. The maximum atomic E-state index is 4.85. The number of rotatable bonds is 7. The van der Waals surface area contributed by atoms with Crippen LogP contribution >= 0.6 is 0 Å². The van der Waals surface area contributed by atoms with Gasteiger partial charge in [0.15, 0.2) is 0 Å². The molecule has 1 heterocycles. The minimum atomic E-state index is 0.825. The molecule has 0 bridgehead atoms. The summed E-state index contributed by atoms with van der Waals surface area (Å²) in [6.45, 7) is 2.29. The molecule has 1 aromatic heterocycles. The van der Waals surface area contributed by atoms with Gasteiger partial charge in [0.25, 0.3) is 0 Å². The van der Waals surface area contributed by atoms with Crippen molar-refractivity contribution in [2.24, 2.45) is 0 Å². The van der Waals surface area contributed by atoms with E-state index in [1.54, 1.807) is 11.1 Å². The molecule has 0 aliphatic heterocycles. The maximum absolute atomic E-state index is 4.85. The van der Waals surface area contributed by atoms with Gasteiger partial charge in [-0.25, -0.2) is 0 Å². The molecular weight excluding hydrogens is 266 g/mol. The molecule has 0 N–H and O–H groups in total. The molecule has 2 fully saturated rings. The monoisotopic (exact) mass is 299 g/mol. The lowest BCUT2D eigenvalue weighted by Crippen LogP contribution is -2.09. The topological polar surface area (TPSA) is 12.9 Å². The summed E-state index contributed by atoms with van der Waals surface area (Å²) in [6.07, 6.45) is 20.1. The van der Waals surface area contributed by atoms with E-state index in [9.17, 15) is 0 Å². The minimum Gasteiger partial charge on any atom is -0.261 e. The van der Waals surface area contributed by atoms with Gasteiger partial charge in [-0.05, 0) is 67.6 Å². The summed E-state index contributed by atoms with van der Waals surface area (Å²) in [7, 11) is 0. The number of hydrogen-bond acceptors (Lipinski definition) is 1. The number of aromatic nitrogens is 1. The Kier molecular flexibility index (Phi) is 5.92. The first-order valence-corrected chi connectivity index (χ1v) is 9.87. The van der Waals surface area contributed by atoms with Crippen LogP contribution in [0.15, 0.2) is 12.3 Å². The van der Waals surface area contributed by atoms with Gasteiger partial charge in [-0.3, -0.25) is 4.98 Å².